The molecular formula is C16H24N2O3. The van der Waals surface area contributed by atoms with Crippen LogP contribution in [0.15, 0.2) is 24.3 Å². The summed E-state index contributed by atoms with van der Waals surface area (Å²) in [5.41, 5.74) is 0. The number of aromatic hydroxyl groups is 1. The molecule has 21 heavy (non-hydrogen) atoms. The van der Waals surface area contributed by atoms with Gasteiger partial charge in [0.15, 0.2) is 6.61 Å². The van der Waals surface area contributed by atoms with Crippen molar-refractivity contribution >= 4 is 5.91 Å². The SMILES string of the molecule is CNCCC1CCN(C(=O)COc2ccc(O)cc2)CC1. The zero-order chi connectivity index (χ0) is 15.1. The molecule has 1 heterocycles. The Morgan fingerprint density at radius 2 is 2.00 bits per heavy atom. The highest BCUT2D eigenvalue weighted by Gasteiger charge is 2.22. The van der Waals surface area contributed by atoms with E-state index in [4.69, 9.17) is 4.74 Å². The van der Waals surface area contributed by atoms with Crippen molar-refractivity contribution in [3.63, 3.8) is 0 Å². The van der Waals surface area contributed by atoms with E-state index in [1.165, 1.54) is 6.42 Å². The van der Waals surface area contributed by atoms with Crippen LogP contribution in [-0.4, -0.2) is 49.2 Å². The summed E-state index contributed by atoms with van der Waals surface area (Å²) in [7, 11) is 1.97. The van der Waals surface area contributed by atoms with E-state index in [0.29, 0.717) is 5.75 Å². The van der Waals surface area contributed by atoms with Gasteiger partial charge in [-0.05, 0) is 63.0 Å². The van der Waals surface area contributed by atoms with Gasteiger partial charge in [-0.25, -0.2) is 0 Å². The van der Waals surface area contributed by atoms with E-state index in [9.17, 15) is 9.90 Å². The molecule has 0 radical (unpaired) electrons. The highest BCUT2D eigenvalue weighted by molar-refractivity contribution is 5.77. The average molecular weight is 292 g/mol. The number of ether oxygens (including phenoxy) is 1. The summed E-state index contributed by atoms with van der Waals surface area (Å²) in [6, 6.07) is 6.42. The van der Waals surface area contributed by atoms with E-state index < -0.39 is 0 Å². The number of nitrogens with one attached hydrogen (secondary N) is 1. The highest BCUT2D eigenvalue weighted by atomic mass is 16.5. The van der Waals surface area contributed by atoms with Gasteiger partial charge in [0.1, 0.15) is 11.5 Å². The monoisotopic (exact) mass is 292 g/mol. The highest BCUT2D eigenvalue weighted by Crippen LogP contribution is 2.20. The summed E-state index contributed by atoms with van der Waals surface area (Å²) in [4.78, 5) is 14.0. The average Bonchev–Trinajstić information content (AvgIpc) is 2.52. The zero-order valence-corrected chi connectivity index (χ0v) is 12.5. The Kier molecular flexibility index (Phi) is 5.87. The van der Waals surface area contributed by atoms with E-state index in [2.05, 4.69) is 5.32 Å². The van der Waals surface area contributed by atoms with Crippen LogP contribution in [0, 0.1) is 5.92 Å². The molecule has 1 aromatic carbocycles. The van der Waals surface area contributed by atoms with Crippen LogP contribution < -0.4 is 10.1 Å². The van der Waals surface area contributed by atoms with Crippen LogP contribution in [0.1, 0.15) is 19.3 Å². The third kappa shape index (κ3) is 4.93. The first kappa shape index (κ1) is 15.6. The molecule has 2 N–H and O–H groups in total. The van der Waals surface area contributed by atoms with Crippen molar-refractivity contribution in [3.8, 4) is 11.5 Å². The minimum Gasteiger partial charge on any atom is -0.508 e. The number of phenols is 1. The first-order valence-electron chi connectivity index (χ1n) is 7.53. The molecule has 116 valence electrons. The zero-order valence-electron chi connectivity index (χ0n) is 12.5. The molecule has 0 aliphatic carbocycles. The Hall–Kier alpha value is -1.75. The van der Waals surface area contributed by atoms with Gasteiger partial charge in [0.25, 0.3) is 5.91 Å². The van der Waals surface area contributed by atoms with Crippen LogP contribution in [0.3, 0.4) is 0 Å². The lowest BCUT2D eigenvalue weighted by Gasteiger charge is -2.32. The number of piperidine rings is 1. The lowest BCUT2D eigenvalue weighted by molar-refractivity contribution is -0.134. The third-order valence-electron chi connectivity index (χ3n) is 3.97. The van der Waals surface area contributed by atoms with Gasteiger partial charge < -0.3 is 20.1 Å². The van der Waals surface area contributed by atoms with E-state index in [1.807, 2.05) is 11.9 Å². The van der Waals surface area contributed by atoms with Gasteiger partial charge >= 0.3 is 0 Å². The Morgan fingerprint density at radius 1 is 1.33 bits per heavy atom. The molecule has 5 heteroatoms. The number of amides is 1. The Bertz CT molecular complexity index is 439. The van der Waals surface area contributed by atoms with Gasteiger partial charge in [0.2, 0.25) is 0 Å². The van der Waals surface area contributed by atoms with E-state index >= 15 is 0 Å². The summed E-state index contributed by atoms with van der Waals surface area (Å²) in [5, 5.41) is 12.4. The number of carbonyl (C=O) groups excluding carboxylic acids is 1. The maximum absolute atomic E-state index is 12.1. The summed E-state index contributed by atoms with van der Waals surface area (Å²) < 4.78 is 5.46. The Morgan fingerprint density at radius 3 is 2.62 bits per heavy atom. The van der Waals surface area contributed by atoms with Gasteiger partial charge in [-0.2, -0.15) is 0 Å². The molecule has 1 saturated heterocycles. The molecular weight excluding hydrogens is 268 g/mol. The fraction of sp³-hybridized carbons (Fsp3) is 0.562. The van der Waals surface area contributed by atoms with Crippen LogP contribution in [0.2, 0.25) is 0 Å². The predicted octanol–water partition coefficient (Wildman–Crippen LogP) is 1.62. The number of hydrogen-bond donors (Lipinski definition) is 2. The Labute approximate surface area is 125 Å². The molecule has 1 aromatic rings. The molecule has 0 bridgehead atoms. The minimum absolute atomic E-state index is 0.0372. The number of hydrogen-bond acceptors (Lipinski definition) is 4. The molecule has 1 amide bonds. The number of benzene rings is 1. The summed E-state index contributed by atoms with van der Waals surface area (Å²) in [5.74, 6) is 1.55. The lowest BCUT2D eigenvalue weighted by Crippen LogP contribution is -2.41. The number of rotatable bonds is 6. The van der Waals surface area contributed by atoms with Crippen molar-refractivity contribution in [1.29, 1.82) is 0 Å². The first-order valence-corrected chi connectivity index (χ1v) is 7.53. The van der Waals surface area contributed by atoms with Gasteiger partial charge in [0.05, 0.1) is 0 Å². The lowest BCUT2D eigenvalue weighted by atomic mass is 9.93. The fourth-order valence-electron chi connectivity index (χ4n) is 2.60. The molecule has 5 nitrogen and oxygen atoms in total. The van der Waals surface area contributed by atoms with Crippen molar-refractivity contribution in [2.45, 2.75) is 19.3 Å². The predicted molar refractivity (Wildman–Crippen MR) is 81.4 cm³/mol. The standard InChI is InChI=1S/C16H24N2O3/c1-17-9-6-13-7-10-18(11-8-13)16(20)12-21-15-4-2-14(19)3-5-15/h2-5,13,17,19H,6-12H2,1H3. The first-order chi connectivity index (χ1) is 10.2. The third-order valence-corrected chi connectivity index (χ3v) is 3.97. The molecule has 0 aromatic heterocycles. The molecule has 1 aliphatic heterocycles. The second-order valence-electron chi connectivity index (χ2n) is 5.50. The maximum atomic E-state index is 12.1. The molecule has 2 rings (SSSR count). The second kappa shape index (κ2) is 7.88. The number of likely N-dealkylation sites (tertiary alicyclic amines) is 1. The van der Waals surface area contributed by atoms with E-state index in [-0.39, 0.29) is 18.3 Å². The minimum atomic E-state index is 0.0372. The van der Waals surface area contributed by atoms with E-state index in [1.54, 1.807) is 24.3 Å². The van der Waals surface area contributed by atoms with Crippen molar-refractivity contribution in [2.75, 3.05) is 33.3 Å². The molecule has 0 unspecified atom stereocenters. The quantitative estimate of drug-likeness (QED) is 0.836. The summed E-state index contributed by atoms with van der Waals surface area (Å²) in [6.45, 7) is 2.76. The van der Waals surface area contributed by atoms with Crippen LogP contribution in [0.4, 0.5) is 0 Å². The van der Waals surface area contributed by atoms with Crippen molar-refractivity contribution < 1.29 is 14.6 Å². The molecule has 1 fully saturated rings. The van der Waals surface area contributed by atoms with Crippen molar-refractivity contribution in [3.05, 3.63) is 24.3 Å². The topological polar surface area (TPSA) is 61.8 Å². The van der Waals surface area contributed by atoms with Crippen LogP contribution in [0.25, 0.3) is 0 Å². The molecule has 0 saturated carbocycles. The van der Waals surface area contributed by atoms with Crippen LogP contribution in [-0.2, 0) is 4.79 Å². The maximum Gasteiger partial charge on any atom is 0.260 e. The largest absolute Gasteiger partial charge is 0.508 e. The number of nitrogens with zero attached hydrogens (tertiary/aromatic N) is 1. The summed E-state index contributed by atoms with van der Waals surface area (Å²) in [6.07, 6.45) is 3.34. The fourth-order valence-corrected chi connectivity index (χ4v) is 2.60. The van der Waals surface area contributed by atoms with Gasteiger partial charge in [0, 0.05) is 13.1 Å². The molecule has 0 atom stereocenters. The van der Waals surface area contributed by atoms with Crippen molar-refractivity contribution in [1.82, 2.24) is 10.2 Å². The number of phenolic OH excluding ortho intramolecular Hbond substituents is 1. The normalized spacial score (nSPS) is 16.0. The molecule has 0 spiro atoms. The van der Waals surface area contributed by atoms with Gasteiger partial charge in [-0.1, -0.05) is 0 Å². The Balaban J connectivity index is 1.71. The van der Waals surface area contributed by atoms with Gasteiger partial charge in [-0.15, -0.1) is 0 Å². The second-order valence-corrected chi connectivity index (χ2v) is 5.50. The van der Waals surface area contributed by atoms with Gasteiger partial charge in [-0.3, -0.25) is 4.79 Å². The number of carbonyl (C=O) groups is 1. The van der Waals surface area contributed by atoms with Crippen molar-refractivity contribution in [2.24, 2.45) is 5.92 Å². The van der Waals surface area contributed by atoms with E-state index in [0.717, 1.165) is 38.4 Å². The van der Waals surface area contributed by atoms with Crippen LogP contribution in [0.5, 0.6) is 11.5 Å². The summed E-state index contributed by atoms with van der Waals surface area (Å²) >= 11 is 0. The van der Waals surface area contributed by atoms with Crippen LogP contribution >= 0.6 is 0 Å². The molecule has 1 aliphatic rings. The smallest absolute Gasteiger partial charge is 0.260 e.